The third kappa shape index (κ3) is 3.42. The molecule has 2 aromatic rings. The first kappa shape index (κ1) is 14.2. The molecule has 0 saturated carbocycles. The van der Waals surface area contributed by atoms with E-state index >= 15 is 0 Å². The largest absolute Gasteiger partial charge is 0.344 e. The van der Waals surface area contributed by atoms with Crippen molar-refractivity contribution in [1.29, 1.82) is 0 Å². The van der Waals surface area contributed by atoms with Crippen molar-refractivity contribution in [2.24, 2.45) is 0 Å². The first-order chi connectivity index (χ1) is 8.88. The van der Waals surface area contributed by atoms with Gasteiger partial charge in [0.25, 0.3) is 5.91 Å². The maximum atomic E-state index is 11.9. The van der Waals surface area contributed by atoms with Crippen LogP contribution >= 0.6 is 27.3 Å². The number of rotatable bonds is 3. The van der Waals surface area contributed by atoms with Crippen LogP contribution in [0.15, 0.2) is 15.9 Å². The van der Waals surface area contributed by atoms with Crippen LogP contribution in [-0.2, 0) is 12.0 Å². The van der Waals surface area contributed by atoms with Crippen molar-refractivity contribution in [3.8, 4) is 0 Å². The Kier molecular flexibility index (Phi) is 4.05. The number of nitrogens with one attached hydrogen (secondary N) is 2. The number of H-pyrrole nitrogens is 1. The molecule has 0 saturated heterocycles. The van der Waals surface area contributed by atoms with E-state index in [9.17, 15) is 4.79 Å². The summed E-state index contributed by atoms with van der Waals surface area (Å²) in [7, 11) is 0. The van der Waals surface area contributed by atoms with E-state index in [0.717, 1.165) is 9.35 Å². The predicted molar refractivity (Wildman–Crippen MR) is 78.3 cm³/mol. The molecule has 2 aromatic heterocycles. The first-order valence-electron chi connectivity index (χ1n) is 5.81. The summed E-state index contributed by atoms with van der Waals surface area (Å²) < 4.78 is 1.00. The Morgan fingerprint density at radius 3 is 2.79 bits per heavy atom. The number of halogens is 1. The standard InChI is InChI=1S/C12H15BrN4OS/c1-12(2,3)11-15-9(16-17-11)10(18)14-6-8-7(13)4-5-19-8/h4-5H,6H2,1-3H3,(H,14,18)(H,15,16,17). The highest BCUT2D eigenvalue weighted by Crippen LogP contribution is 2.22. The van der Waals surface area contributed by atoms with Crippen LogP contribution < -0.4 is 5.32 Å². The number of thiophene rings is 1. The van der Waals surface area contributed by atoms with Crippen molar-refractivity contribution in [2.75, 3.05) is 0 Å². The average Bonchev–Trinajstić information content (AvgIpc) is 2.93. The summed E-state index contributed by atoms with van der Waals surface area (Å²) in [6.45, 7) is 6.50. The zero-order valence-corrected chi connectivity index (χ0v) is 13.4. The summed E-state index contributed by atoms with van der Waals surface area (Å²) >= 11 is 5.01. The minimum absolute atomic E-state index is 0.150. The monoisotopic (exact) mass is 342 g/mol. The van der Waals surface area contributed by atoms with Crippen LogP contribution in [0.2, 0.25) is 0 Å². The SMILES string of the molecule is CC(C)(C)c1nc(C(=O)NCc2sccc2Br)n[nH]1. The Bertz CT molecular complexity index is 585. The van der Waals surface area contributed by atoms with E-state index in [1.165, 1.54) is 0 Å². The van der Waals surface area contributed by atoms with Crippen LogP contribution in [0, 0.1) is 0 Å². The van der Waals surface area contributed by atoms with Gasteiger partial charge in [-0.1, -0.05) is 20.8 Å². The summed E-state index contributed by atoms with van der Waals surface area (Å²) in [6.07, 6.45) is 0. The molecule has 0 spiro atoms. The molecule has 0 bridgehead atoms. The number of aromatic nitrogens is 3. The smallest absolute Gasteiger partial charge is 0.291 e. The Labute approximate surface area is 124 Å². The second-order valence-corrected chi connectivity index (χ2v) is 6.99. The zero-order chi connectivity index (χ0) is 14.0. The van der Waals surface area contributed by atoms with Gasteiger partial charge < -0.3 is 5.32 Å². The van der Waals surface area contributed by atoms with E-state index in [-0.39, 0.29) is 17.1 Å². The summed E-state index contributed by atoms with van der Waals surface area (Å²) in [5.41, 5.74) is -0.150. The van der Waals surface area contributed by atoms with Crippen molar-refractivity contribution >= 4 is 33.2 Å². The van der Waals surface area contributed by atoms with Crippen LogP contribution in [0.3, 0.4) is 0 Å². The Morgan fingerprint density at radius 1 is 1.53 bits per heavy atom. The van der Waals surface area contributed by atoms with Gasteiger partial charge in [0.2, 0.25) is 5.82 Å². The normalized spacial score (nSPS) is 11.6. The average molecular weight is 343 g/mol. The number of aromatic amines is 1. The van der Waals surface area contributed by atoms with Crippen LogP contribution in [0.25, 0.3) is 0 Å². The van der Waals surface area contributed by atoms with Gasteiger partial charge in [-0.3, -0.25) is 9.89 Å². The van der Waals surface area contributed by atoms with E-state index in [2.05, 4.69) is 36.4 Å². The van der Waals surface area contributed by atoms with Gasteiger partial charge in [-0.25, -0.2) is 4.98 Å². The molecule has 0 unspecified atom stereocenters. The first-order valence-corrected chi connectivity index (χ1v) is 7.48. The predicted octanol–water partition coefficient (Wildman–Crippen LogP) is 2.86. The molecule has 19 heavy (non-hydrogen) atoms. The molecule has 5 nitrogen and oxygen atoms in total. The van der Waals surface area contributed by atoms with Crippen molar-refractivity contribution in [2.45, 2.75) is 32.7 Å². The number of hydrogen-bond acceptors (Lipinski definition) is 4. The fraction of sp³-hybridized carbons (Fsp3) is 0.417. The van der Waals surface area contributed by atoms with Gasteiger partial charge >= 0.3 is 0 Å². The highest BCUT2D eigenvalue weighted by Gasteiger charge is 2.21. The molecule has 102 valence electrons. The number of nitrogens with zero attached hydrogens (tertiary/aromatic N) is 2. The molecular formula is C12H15BrN4OS. The van der Waals surface area contributed by atoms with E-state index in [1.54, 1.807) is 11.3 Å². The van der Waals surface area contributed by atoms with Crippen LogP contribution in [0.5, 0.6) is 0 Å². The summed E-state index contributed by atoms with van der Waals surface area (Å²) in [4.78, 5) is 17.2. The number of carbonyl (C=O) groups excluding carboxylic acids is 1. The third-order valence-electron chi connectivity index (χ3n) is 2.50. The second kappa shape index (κ2) is 5.42. The minimum atomic E-state index is -0.271. The number of carbonyl (C=O) groups is 1. The van der Waals surface area contributed by atoms with Gasteiger partial charge in [0.05, 0.1) is 6.54 Å². The van der Waals surface area contributed by atoms with Gasteiger partial charge in [0.1, 0.15) is 5.82 Å². The van der Waals surface area contributed by atoms with E-state index in [4.69, 9.17) is 0 Å². The zero-order valence-electron chi connectivity index (χ0n) is 11.0. The third-order valence-corrected chi connectivity index (χ3v) is 4.43. The lowest BCUT2D eigenvalue weighted by molar-refractivity contribution is 0.0941. The highest BCUT2D eigenvalue weighted by atomic mass is 79.9. The lowest BCUT2D eigenvalue weighted by atomic mass is 9.96. The molecule has 2 heterocycles. The molecule has 2 N–H and O–H groups in total. The van der Waals surface area contributed by atoms with E-state index in [1.807, 2.05) is 32.2 Å². The lowest BCUT2D eigenvalue weighted by Crippen LogP contribution is -2.24. The lowest BCUT2D eigenvalue weighted by Gasteiger charge is -2.12. The van der Waals surface area contributed by atoms with Crippen molar-refractivity contribution in [3.63, 3.8) is 0 Å². The highest BCUT2D eigenvalue weighted by molar-refractivity contribution is 9.10. The topological polar surface area (TPSA) is 70.7 Å². The van der Waals surface area contributed by atoms with Gasteiger partial charge in [-0.15, -0.1) is 16.4 Å². The van der Waals surface area contributed by atoms with Gasteiger partial charge in [-0.2, -0.15) is 0 Å². The maximum absolute atomic E-state index is 11.9. The van der Waals surface area contributed by atoms with Gasteiger partial charge in [-0.05, 0) is 27.4 Å². The molecular weight excluding hydrogens is 328 g/mol. The van der Waals surface area contributed by atoms with Crippen LogP contribution in [0.4, 0.5) is 0 Å². The molecule has 0 fully saturated rings. The van der Waals surface area contributed by atoms with Gasteiger partial charge in [0.15, 0.2) is 0 Å². The quantitative estimate of drug-likeness (QED) is 0.900. The van der Waals surface area contributed by atoms with Gasteiger partial charge in [0, 0.05) is 14.8 Å². The fourth-order valence-corrected chi connectivity index (χ4v) is 2.82. The number of amides is 1. The summed E-state index contributed by atoms with van der Waals surface area (Å²) in [6, 6.07) is 1.96. The molecule has 0 aromatic carbocycles. The second-order valence-electron chi connectivity index (χ2n) is 5.13. The molecule has 2 rings (SSSR count). The van der Waals surface area contributed by atoms with E-state index < -0.39 is 0 Å². The molecule has 0 aliphatic rings. The molecule has 0 aliphatic carbocycles. The summed E-state index contributed by atoms with van der Waals surface area (Å²) in [5.74, 6) is 0.611. The molecule has 0 radical (unpaired) electrons. The number of hydrogen-bond donors (Lipinski definition) is 2. The van der Waals surface area contributed by atoms with Crippen molar-refractivity contribution < 1.29 is 4.79 Å². The van der Waals surface area contributed by atoms with Crippen LogP contribution in [-0.4, -0.2) is 21.1 Å². The summed E-state index contributed by atoms with van der Waals surface area (Å²) in [5, 5.41) is 11.5. The Balaban J connectivity index is 2.01. The fourth-order valence-electron chi connectivity index (χ4n) is 1.39. The molecule has 1 amide bonds. The maximum Gasteiger partial charge on any atom is 0.291 e. The van der Waals surface area contributed by atoms with Crippen molar-refractivity contribution in [3.05, 3.63) is 32.4 Å². The Hall–Kier alpha value is -1.21. The molecule has 0 atom stereocenters. The minimum Gasteiger partial charge on any atom is -0.344 e. The van der Waals surface area contributed by atoms with Crippen LogP contribution in [0.1, 0.15) is 42.1 Å². The van der Waals surface area contributed by atoms with Crippen molar-refractivity contribution in [1.82, 2.24) is 20.5 Å². The molecule has 7 heteroatoms. The Morgan fingerprint density at radius 2 is 2.26 bits per heavy atom. The molecule has 0 aliphatic heterocycles. The van der Waals surface area contributed by atoms with E-state index in [0.29, 0.717) is 12.4 Å².